The van der Waals surface area contributed by atoms with E-state index in [1.54, 1.807) is 25.6 Å². The van der Waals surface area contributed by atoms with Crippen LogP contribution in [-0.4, -0.2) is 74.2 Å². The third-order valence-electron chi connectivity index (χ3n) is 5.97. The van der Waals surface area contributed by atoms with Gasteiger partial charge in [-0.05, 0) is 37.5 Å². The largest absolute Gasteiger partial charge is 0.493 e. The number of piperazine rings is 1. The average Bonchev–Trinajstić information content (AvgIpc) is 3.43. The van der Waals surface area contributed by atoms with E-state index in [9.17, 15) is 4.79 Å². The molecule has 2 aromatic rings. The first-order valence-electron chi connectivity index (χ1n) is 10.5. The van der Waals surface area contributed by atoms with Gasteiger partial charge in [-0.3, -0.25) is 9.69 Å². The highest BCUT2D eigenvalue weighted by Gasteiger charge is 2.32. The van der Waals surface area contributed by atoms with E-state index in [4.69, 9.17) is 9.47 Å². The van der Waals surface area contributed by atoms with Crippen LogP contribution in [0.3, 0.4) is 0 Å². The van der Waals surface area contributed by atoms with Crippen molar-refractivity contribution in [2.24, 2.45) is 0 Å². The lowest BCUT2D eigenvalue weighted by molar-refractivity contribution is -0.133. The molecule has 0 bridgehead atoms. The predicted molar refractivity (Wildman–Crippen MR) is 119 cm³/mol. The van der Waals surface area contributed by atoms with Crippen molar-refractivity contribution in [1.82, 2.24) is 14.8 Å². The Balaban J connectivity index is 1.36. The molecule has 30 heavy (non-hydrogen) atoms. The molecule has 7 nitrogen and oxygen atoms in total. The number of thiazole rings is 1. The summed E-state index contributed by atoms with van der Waals surface area (Å²) in [6, 6.07) is 6.09. The summed E-state index contributed by atoms with van der Waals surface area (Å²) in [5.74, 6) is 1.64. The standard InChI is InChI=1S/C22H30N4O3S/c1-16-15-30-22(23-16)25-11-9-24(10-12-25)14-21(27)26-8-4-5-18(26)17-6-7-19(28-2)20(13-17)29-3/h6-7,13,15,18H,4-5,8-12,14H2,1-3H3. The number of ether oxygens (including phenoxy) is 2. The first kappa shape index (κ1) is 20.9. The third-order valence-corrected chi connectivity index (χ3v) is 6.99. The van der Waals surface area contributed by atoms with Crippen LogP contribution in [0.15, 0.2) is 23.6 Å². The Labute approximate surface area is 182 Å². The zero-order chi connectivity index (χ0) is 21.1. The lowest BCUT2D eigenvalue weighted by Crippen LogP contribution is -2.50. The number of methoxy groups -OCH3 is 2. The van der Waals surface area contributed by atoms with Gasteiger partial charge in [0, 0.05) is 38.1 Å². The number of carbonyl (C=O) groups is 1. The number of benzene rings is 1. The fourth-order valence-corrected chi connectivity index (χ4v) is 5.20. The monoisotopic (exact) mass is 430 g/mol. The van der Waals surface area contributed by atoms with Gasteiger partial charge in [0.15, 0.2) is 16.6 Å². The molecule has 2 saturated heterocycles. The van der Waals surface area contributed by atoms with Gasteiger partial charge in [0.05, 0.1) is 32.5 Å². The summed E-state index contributed by atoms with van der Waals surface area (Å²) in [5.41, 5.74) is 2.19. The molecule has 2 aliphatic rings. The highest BCUT2D eigenvalue weighted by atomic mass is 32.1. The van der Waals surface area contributed by atoms with Crippen molar-refractivity contribution in [2.45, 2.75) is 25.8 Å². The second-order valence-corrected chi connectivity index (χ2v) is 8.73. The van der Waals surface area contributed by atoms with Crippen LogP contribution in [0.2, 0.25) is 0 Å². The fourth-order valence-electron chi connectivity index (χ4n) is 4.34. The van der Waals surface area contributed by atoms with E-state index in [-0.39, 0.29) is 11.9 Å². The molecule has 1 aromatic heterocycles. The molecule has 162 valence electrons. The summed E-state index contributed by atoms with van der Waals surface area (Å²) < 4.78 is 10.8. The molecule has 0 radical (unpaired) electrons. The molecule has 0 spiro atoms. The van der Waals surface area contributed by atoms with E-state index in [1.165, 1.54) is 0 Å². The SMILES string of the molecule is COc1ccc(C2CCCN2C(=O)CN2CCN(c3nc(C)cs3)CC2)cc1OC. The normalized spacial score (nSPS) is 19.9. The van der Waals surface area contributed by atoms with Crippen molar-refractivity contribution in [3.63, 3.8) is 0 Å². The number of hydrogen-bond donors (Lipinski definition) is 0. The maximum atomic E-state index is 13.1. The number of aryl methyl sites for hydroxylation is 1. The minimum Gasteiger partial charge on any atom is -0.493 e. The van der Waals surface area contributed by atoms with Crippen molar-refractivity contribution in [1.29, 1.82) is 0 Å². The lowest BCUT2D eigenvalue weighted by Gasteiger charge is -2.35. The quantitative estimate of drug-likeness (QED) is 0.702. The lowest BCUT2D eigenvalue weighted by atomic mass is 10.0. The molecule has 1 aromatic carbocycles. The Bertz CT molecular complexity index is 879. The van der Waals surface area contributed by atoms with E-state index in [2.05, 4.69) is 20.2 Å². The molecule has 3 heterocycles. The number of rotatable bonds is 6. The van der Waals surface area contributed by atoms with E-state index < -0.39 is 0 Å². The molecule has 0 saturated carbocycles. The van der Waals surface area contributed by atoms with Crippen LogP contribution in [0.4, 0.5) is 5.13 Å². The van der Waals surface area contributed by atoms with Gasteiger partial charge in [0.25, 0.3) is 0 Å². The Kier molecular flexibility index (Phi) is 6.43. The van der Waals surface area contributed by atoms with Gasteiger partial charge in [-0.2, -0.15) is 0 Å². The fraction of sp³-hybridized carbons (Fsp3) is 0.545. The first-order chi connectivity index (χ1) is 14.6. The smallest absolute Gasteiger partial charge is 0.237 e. The molecule has 2 fully saturated rings. The van der Waals surface area contributed by atoms with Crippen molar-refractivity contribution in [3.8, 4) is 11.5 Å². The van der Waals surface area contributed by atoms with Gasteiger partial charge in [0.1, 0.15) is 0 Å². The Hall–Kier alpha value is -2.32. The van der Waals surface area contributed by atoms with Crippen LogP contribution >= 0.6 is 11.3 Å². The molecule has 0 N–H and O–H groups in total. The Morgan fingerprint density at radius 2 is 1.90 bits per heavy atom. The molecular formula is C22H30N4O3S. The number of likely N-dealkylation sites (tertiary alicyclic amines) is 1. The highest BCUT2D eigenvalue weighted by Crippen LogP contribution is 2.37. The van der Waals surface area contributed by atoms with Crippen molar-refractivity contribution < 1.29 is 14.3 Å². The Morgan fingerprint density at radius 1 is 1.13 bits per heavy atom. The van der Waals surface area contributed by atoms with Gasteiger partial charge in [-0.25, -0.2) is 4.98 Å². The number of hydrogen-bond acceptors (Lipinski definition) is 7. The molecule has 1 unspecified atom stereocenters. The van der Waals surface area contributed by atoms with Crippen LogP contribution in [0.1, 0.15) is 30.1 Å². The minimum absolute atomic E-state index is 0.108. The van der Waals surface area contributed by atoms with E-state index >= 15 is 0 Å². The topological polar surface area (TPSA) is 58.1 Å². The van der Waals surface area contributed by atoms with Crippen molar-refractivity contribution in [3.05, 3.63) is 34.8 Å². The molecule has 1 atom stereocenters. The summed E-state index contributed by atoms with van der Waals surface area (Å²) in [4.78, 5) is 24.3. The summed E-state index contributed by atoms with van der Waals surface area (Å²) in [6.45, 7) is 6.93. The van der Waals surface area contributed by atoms with E-state index in [0.29, 0.717) is 18.0 Å². The minimum atomic E-state index is 0.108. The molecule has 1 amide bonds. The molecule has 8 heteroatoms. The van der Waals surface area contributed by atoms with Crippen LogP contribution in [0, 0.1) is 6.92 Å². The predicted octanol–water partition coefficient (Wildman–Crippen LogP) is 2.95. The van der Waals surface area contributed by atoms with Gasteiger partial charge in [-0.1, -0.05) is 6.07 Å². The van der Waals surface area contributed by atoms with Crippen LogP contribution in [-0.2, 0) is 4.79 Å². The van der Waals surface area contributed by atoms with E-state index in [1.807, 2.05) is 30.0 Å². The second-order valence-electron chi connectivity index (χ2n) is 7.89. The summed E-state index contributed by atoms with van der Waals surface area (Å²) in [7, 11) is 3.28. The summed E-state index contributed by atoms with van der Waals surface area (Å²) in [5, 5.41) is 3.18. The van der Waals surface area contributed by atoms with Crippen LogP contribution in [0.5, 0.6) is 11.5 Å². The maximum Gasteiger partial charge on any atom is 0.237 e. The molecule has 2 aliphatic heterocycles. The van der Waals surface area contributed by atoms with Crippen LogP contribution < -0.4 is 14.4 Å². The number of amides is 1. The number of anilines is 1. The van der Waals surface area contributed by atoms with Gasteiger partial charge in [0.2, 0.25) is 5.91 Å². The van der Waals surface area contributed by atoms with Crippen molar-refractivity contribution in [2.75, 3.05) is 58.4 Å². The van der Waals surface area contributed by atoms with E-state index in [0.717, 1.165) is 62.0 Å². The molecule has 4 rings (SSSR count). The molecular weight excluding hydrogens is 400 g/mol. The van der Waals surface area contributed by atoms with Gasteiger partial charge in [-0.15, -0.1) is 11.3 Å². The zero-order valence-electron chi connectivity index (χ0n) is 18.0. The highest BCUT2D eigenvalue weighted by molar-refractivity contribution is 7.13. The number of nitrogens with zero attached hydrogens (tertiary/aromatic N) is 4. The first-order valence-corrected chi connectivity index (χ1v) is 11.4. The van der Waals surface area contributed by atoms with Crippen molar-refractivity contribution >= 4 is 22.4 Å². The number of aromatic nitrogens is 1. The second kappa shape index (κ2) is 9.22. The van der Waals surface area contributed by atoms with Crippen LogP contribution in [0.25, 0.3) is 0 Å². The number of carbonyl (C=O) groups excluding carboxylic acids is 1. The van der Waals surface area contributed by atoms with Gasteiger partial charge >= 0.3 is 0 Å². The third kappa shape index (κ3) is 4.39. The molecule has 0 aliphatic carbocycles. The maximum absolute atomic E-state index is 13.1. The summed E-state index contributed by atoms with van der Waals surface area (Å²) >= 11 is 1.70. The Morgan fingerprint density at radius 3 is 2.57 bits per heavy atom. The zero-order valence-corrected chi connectivity index (χ0v) is 18.8. The van der Waals surface area contributed by atoms with Gasteiger partial charge < -0.3 is 19.3 Å². The average molecular weight is 431 g/mol. The summed E-state index contributed by atoms with van der Waals surface area (Å²) in [6.07, 6.45) is 2.01.